The Morgan fingerprint density at radius 1 is 1.14 bits per heavy atom. The zero-order valence-electron chi connectivity index (χ0n) is 15.6. The van der Waals surface area contributed by atoms with Gasteiger partial charge < -0.3 is 19.0 Å². The van der Waals surface area contributed by atoms with E-state index in [2.05, 4.69) is 9.88 Å². The van der Waals surface area contributed by atoms with E-state index in [1.54, 1.807) is 30.5 Å². The van der Waals surface area contributed by atoms with Crippen LogP contribution in [0.25, 0.3) is 11.0 Å². The number of anilines is 1. The van der Waals surface area contributed by atoms with E-state index in [-0.39, 0.29) is 12.5 Å². The normalized spacial score (nSPS) is 14.3. The first kappa shape index (κ1) is 18.0. The Hall–Kier alpha value is -3.35. The van der Waals surface area contributed by atoms with Gasteiger partial charge in [-0.05, 0) is 36.8 Å². The molecule has 1 aliphatic rings. The molecular formula is C21H21N3O4. The Morgan fingerprint density at radius 2 is 1.93 bits per heavy atom. The average Bonchev–Trinajstić information content (AvgIpc) is 2.72. The Labute approximate surface area is 162 Å². The number of carbonyl (C=O) groups excluding carboxylic acids is 1. The van der Waals surface area contributed by atoms with Crippen molar-refractivity contribution in [3.05, 3.63) is 64.8 Å². The summed E-state index contributed by atoms with van der Waals surface area (Å²) in [7, 11) is 0. The molecule has 3 heterocycles. The molecule has 0 N–H and O–H groups in total. The molecule has 0 aliphatic carbocycles. The van der Waals surface area contributed by atoms with Gasteiger partial charge in [-0.25, -0.2) is 4.79 Å². The maximum Gasteiger partial charge on any atom is 0.336 e. The van der Waals surface area contributed by atoms with Crippen LogP contribution in [-0.4, -0.2) is 48.6 Å². The quantitative estimate of drug-likeness (QED) is 0.647. The molecule has 1 aromatic carbocycles. The molecule has 144 valence electrons. The summed E-state index contributed by atoms with van der Waals surface area (Å²) in [6.45, 7) is 4.85. The van der Waals surface area contributed by atoms with Crippen molar-refractivity contribution in [2.24, 2.45) is 0 Å². The Balaban J connectivity index is 1.34. The zero-order valence-corrected chi connectivity index (χ0v) is 15.6. The summed E-state index contributed by atoms with van der Waals surface area (Å²) in [5.74, 6) is 0.446. The highest BCUT2D eigenvalue weighted by atomic mass is 16.5. The number of benzene rings is 1. The molecule has 0 atom stereocenters. The van der Waals surface area contributed by atoms with Crippen LogP contribution in [0.5, 0.6) is 5.75 Å². The monoisotopic (exact) mass is 379 g/mol. The van der Waals surface area contributed by atoms with Gasteiger partial charge in [-0.3, -0.25) is 9.78 Å². The maximum atomic E-state index is 12.5. The lowest BCUT2D eigenvalue weighted by Crippen LogP contribution is -2.50. The van der Waals surface area contributed by atoms with E-state index in [9.17, 15) is 9.59 Å². The molecule has 1 fully saturated rings. The van der Waals surface area contributed by atoms with Crippen LogP contribution < -0.4 is 15.3 Å². The highest BCUT2D eigenvalue weighted by molar-refractivity contribution is 5.79. The third-order valence-corrected chi connectivity index (χ3v) is 4.92. The summed E-state index contributed by atoms with van der Waals surface area (Å²) in [5, 5.41) is 0.806. The van der Waals surface area contributed by atoms with Crippen molar-refractivity contribution in [1.29, 1.82) is 0 Å². The van der Waals surface area contributed by atoms with Gasteiger partial charge in [0.25, 0.3) is 5.91 Å². The number of fused-ring (bicyclic) bond motifs is 1. The molecule has 3 aromatic rings. The van der Waals surface area contributed by atoms with E-state index in [4.69, 9.17) is 9.15 Å². The van der Waals surface area contributed by atoms with Gasteiger partial charge >= 0.3 is 5.63 Å². The second-order valence-corrected chi connectivity index (χ2v) is 6.77. The molecule has 1 aliphatic heterocycles. The fourth-order valence-corrected chi connectivity index (χ4v) is 3.38. The van der Waals surface area contributed by atoms with Gasteiger partial charge in [-0.1, -0.05) is 0 Å². The van der Waals surface area contributed by atoms with Gasteiger partial charge in [0, 0.05) is 61.8 Å². The Morgan fingerprint density at radius 3 is 2.71 bits per heavy atom. The summed E-state index contributed by atoms with van der Waals surface area (Å²) in [5.41, 5.74) is 2.33. The molecule has 7 nitrogen and oxygen atoms in total. The Bertz CT molecular complexity index is 1050. The van der Waals surface area contributed by atoms with E-state index in [1.807, 2.05) is 24.1 Å². The van der Waals surface area contributed by atoms with Gasteiger partial charge in [0.1, 0.15) is 11.3 Å². The van der Waals surface area contributed by atoms with Crippen molar-refractivity contribution in [2.75, 3.05) is 37.7 Å². The number of rotatable bonds is 4. The highest BCUT2D eigenvalue weighted by Crippen LogP contribution is 2.21. The second-order valence-electron chi connectivity index (χ2n) is 6.77. The van der Waals surface area contributed by atoms with Crippen LogP contribution in [0, 0.1) is 6.92 Å². The fourth-order valence-electron chi connectivity index (χ4n) is 3.38. The predicted octanol–water partition coefficient (Wildman–Crippen LogP) is 2.22. The average molecular weight is 379 g/mol. The first-order valence-electron chi connectivity index (χ1n) is 9.20. The fraction of sp³-hybridized carbons (Fsp3) is 0.286. The van der Waals surface area contributed by atoms with Gasteiger partial charge in [0.2, 0.25) is 0 Å². The number of ether oxygens (including phenoxy) is 1. The maximum absolute atomic E-state index is 12.5. The number of hydrogen-bond donors (Lipinski definition) is 0. The minimum absolute atomic E-state index is 0.0448. The standard InChI is InChI=1S/C21H21N3O4/c1-15-13-22-7-6-18(15)23-8-10-24(11-9-23)20(25)14-27-17-4-2-16-3-5-21(26)28-19(16)12-17/h2-7,12-13H,8-11,14H2,1H3. The smallest absolute Gasteiger partial charge is 0.336 e. The molecule has 7 heteroatoms. The van der Waals surface area contributed by atoms with E-state index in [1.165, 1.54) is 6.07 Å². The molecule has 2 aromatic heterocycles. The molecule has 0 unspecified atom stereocenters. The molecule has 4 rings (SSSR count). The molecule has 0 spiro atoms. The minimum Gasteiger partial charge on any atom is -0.484 e. The van der Waals surface area contributed by atoms with Crippen LogP contribution in [0.1, 0.15) is 5.56 Å². The highest BCUT2D eigenvalue weighted by Gasteiger charge is 2.22. The van der Waals surface area contributed by atoms with Crippen molar-refractivity contribution in [2.45, 2.75) is 6.92 Å². The van der Waals surface area contributed by atoms with Crippen LogP contribution in [0.15, 0.2) is 58.0 Å². The van der Waals surface area contributed by atoms with E-state index < -0.39 is 5.63 Å². The zero-order chi connectivity index (χ0) is 19.5. The van der Waals surface area contributed by atoms with Crippen molar-refractivity contribution >= 4 is 22.6 Å². The van der Waals surface area contributed by atoms with Gasteiger partial charge in [-0.2, -0.15) is 0 Å². The van der Waals surface area contributed by atoms with Crippen LogP contribution in [0.3, 0.4) is 0 Å². The van der Waals surface area contributed by atoms with Gasteiger partial charge in [0.15, 0.2) is 6.61 Å². The SMILES string of the molecule is Cc1cnccc1N1CCN(C(=O)COc2ccc3ccc(=O)oc3c2)CC1. The first-order chi connectivity index (χ1) is 13.6. The number of carbonyl (C=O) groups is 1. The van der Waals surface area contributed by atoms with Crippen molar-refractivity contribution in [3.8, 4) is 5.75 Å². The number of aryl methyl sites for hydroxylation is 1. The topological polar surface area (TPSA) is 75.9 Å². The van der Waals surface area contributed by atoms with Gasteiger partial charge in [0.05, 0.1) is 0 Å². The van der Waals surface area contributed by atoms with E-state index in [0.717, 1.165) is 29.7 Å². The lowest BCUT2D eigenvalue weighted by Gasteiger charge is -2.36. The van der Waals surface area contributed by atoms with Crippen LogP contribution in [0.2, 0.25) is 0 Å². The molecule has 0 saturated carbocycles. The van der Waals surface area contributed by atoms with Crippen molar-refractivity contribution in [3.63, 3.8) is 0 Å². The van der Waals surface area contributed by atoms with E-state index in [0.29, 0.717) is 24.4 Å². The van der Waals surface area contributed by atoms with Crippen LogP contribution in [0.4, 0.5) is 5.69 Å². The van der Waals surface area contributed by atoms with Crippen molar-refractivity contribution < 1.29 is 13.9 Å². The first-order valence-corrected chi connectivity index (χ1v) is 9.20. The summed E-state index contributed by atoms with van der Waals surface area (Å²) >= 11 is 0. The predicted molar refractivity (Wildman–Crippen MR) is 106 cm³/mol. The second kappa shape index (κ2) is 7.72. The third kappa shape index (κ3) is 3.83. The summed E-state index contributed by atoms with van der Waals surface area (Å²) in [6, 6.07) is 10.3. The number of aromatic nitrogens is 1. The number of pyridine rings is 1. The van der Waals surface area contributed by atoms with Crippen molar-refractivity contribution in [1.82, 2.24) is 9.88 Å². The minimum atomic E-state index is -0.414. The number of amides is 1. The molecule has 1 saturated heterocycles. The lowest BCUT2D eigenvalue weighted by molar-refractivity contribution is -0.133. The summed E-state index contributed by atoms with van der Waals surface area (Å²) in [6.07, 6.45) is 3.64. The van der Waals surface area contributed by atoms with Crippen LogP contribution >= 0.6 is 0 Å². The molecule has 0 radical (unpaired) electrons. The molecular weight excluding hydrogens is 358 g/mol. The molecule has 0 bridgehead atoms. The largest absolute Gasteiger partial charge is 0.484 e. The number of nitrogens with zero attached hydrogens (tertiary/aromatic N) is 3. The van der Waals surface area contributed by atoms with Gasteiger partial charge in [-0.15, -0.1) is 0 Å². The molecule has 28 heavy (non-hydrogen) atoms. The molecule has 1 amide bonds. The van der Waals surface area contributed by atoms with Crippen LogP contribution in [-0.2, 0) is 4.79 Å². The number of hydrogen-bond acceptors (Lipinski definition) is 6. The number of piperazine rings is 1. The van der Waals surface area contributed by atoms with E-state index >= 15 is 0 Å². The lowest BCUT2D eigenvalue weighted by atomic mass is 10.2. The summed E-state index contributed by atoms with van der Waals surface area (Å²) in [4.78, 5) is 32.1. The Kier molecular flexibility index (Phi) is 4.97. The third-order valence-electron chi connectivity index (χ3n) is 4.92. The summed E-state index contributed by atoms with van der Waals surface area (Å²) < 4.78 is 10.8.